The monoisotopic (exact) mass is 234 g/mol. The van der Waals surface area contributed by atoms with E-state index in [1.807, 2.05) is 0 Å². The highest BCUT2D eigenvalue weighted by atomic mass is 16.5. The highest BCUT2D eigenvalue weighted by Crippen LogP contribution is 2.22. The number of nitrogens with two attached hydrogens (primary N) is 1. The Kier molecular flexibility index (Phi) is 3.98. The van der Waals surface area contributed by atoms with Crippen LogP contribution in [-0.4, -0.2) is 19.2 Å². The van der Waals surface area contributed by atoms with Crippen molar-refractivity contribution in [1.82, 2.24) is 5.32 Å². The summed E-state index contributed by atoms with van der Waals surface area (Å²) in [6, 6.07) is 6.65. The van der Waals surface area contributed by atoms with Crippen molar-refractivity contribution in [1.29, 1.82) is 0 Å². The molecule has 4 heteroatoms. The van der Waals surface area contributed by atoms with Gasteiger partial charge in [-0.2, -0.15) is 0 Å². The van der Waals surface area contributed by atoms with E-state index >= 15 is 0 Å². The third-order valence-corrected chi connectivity index (χ3v) is 3.02. The molecule has 1 amide bonds. The van der Waals surface area contributed by atoms with Crippen LogP contribution in [0, 0.1) is 0 Å². The molecule has 92 valence electrons. The number of ether oxygens (including phenoxy) is 1. The van der Waals surface area contributed by atoms with Crippen molar-refractivity contribution in [2.75, 3.05) is 13.2 Å². The van der Waals surface area contributed by atoms with Gasteiger partial charge in [0, 0.05) is 13.1 Å². The normalized spacial score (nSPS) is 13.4. The van der Waals surface area contributed by atoms with E-state index in [0.29, 0.717) is 13.2 Å². The molecule has 4 nitrogen and oxygen atoms in total. The number of fused-ring (bicyclic) bond motifs is 1. The summed E-state index contributed by atoms with van der Waals surface area (Å²) >= 11 is 0. The molecule has 0 heterocycles. The Balaban J connectivity index is 1.74. The Bertz CT molecular complexity index is 404. The van der Waals surface area contributed by atoms with Crippen LogP contribution in [0.1, 0.15) is 23.1 Å². The maximum Gasteiger partial charge on any atom is 0.404 e. The highest BCUT2D eigenvalue weighted by molar-refractivity contribution is 5.64. The summed E-state index contributed by atoms with van der Waals surface area (Å²) in [5, 5.41) is 3.22. The number of nitrogens with one attached hydrogen (secondary N) is 1. The third kappa shape index (κ3) is 3.46. The largest absolute Gasteiger partial charge is 0.448 e. The van der Waals surface area contributed by atoms with E-state index in [-0.39, 0.29) is 0 Å². The fourth-order valence-electron chi connectivity index (χ4n) is 2.19. The van der Waals surface area contributed by atoms with Gasteiger partial charge in [-0.15, -0.1) is 0 Å². The molecule has 3 N–H and O–H groups in total. The summed E-state index contributed by atoms with van der Waals surface area (Å²) in [6.45, 7) is 1.75. The van der Waals surface area contributed by atoms with Gasteiger partial charge < -0.3 is 15.8 Å². The average molecular weight is 234 g/mol. The van der Waals surface area contributed by atoms with Gasteiger partial charge >= 0.3 is 6.09 Å². The zero-order valence-electron chi connectivity index (χ0n) is 9.87. The lowest BCUT2D eigenvalue weighted by Crippen LogP contribution is -2.23. The summed E-state index contributed by atoms with van der Waals surface area (Å²) in [4.78, 5) is 10.3. The second-order valence-electron chi connectivity index (χ2n) is 4.30. The van der Waals surface area contributed by atoms with E-state index in [9.17, 15) is 4.79 Å². The summed E-state index contributed by atoms with van der Waals surface area (Å²) in [6.07, 6.45) is 2.98. The maximum absolute atomic E-state index is 10.3. The number of carbonyl (C=O) groups excluding carboxylic acids is 1. The van der Waals surface area contributed by atoms with Crippen LogP contribution in [-0.2, 0) is 24.1 Å². The second-order valence-corrected chi connectivity index (χ2v) is 4.30. The minimum absolute atomic E-state index is 0.320. The van der Waals surface area contributed by atoms with Crippen molar-refractivity contribution in [3.63, 3.8) is 0 Å². The van der Waals surface area contributed by atoms with E-state index in [2.05, 4.69) is 28.3 Å². The smallest absolute Gasteiger partial charge is 0.404 e. The minimum atomic E-state index is -0.718. The van der Waals surface area contributed by atoms with Gasteiger partial charge in [0.1, 0.15) is 6.61 Å². The molecule has 0 aliphatic heterocycles. The maximum atomic E-state index is 10.3. The van der Waals surface area contributed by atoms with Crippen molar-refractivity contribution in [3.8, 4) is 0 Å². The fourth-order valence-corrected chi connectivity index (χ4v) is 2.19. The SMILES string of the molecule is NC(=O)OCCNCc1ccc2c(c1)CCC2. The van der Waals surface area contributed by atoms with Gasteiger partial charge in [-0.05, 0) is 36.0 Å². The zero-order valence-corrected chi connectivity index (χ0v) is 9.87. The van der Waals surface area contributed by atoms with Crippen LogP contribution in [0.25, 0.3) is 0 Å². The number of hydrogen-bond acceptors (Lipinski definition) is 3. The van der Waals surface area contributed by atoms with Crippen molar-refractivity contribution < 1.29 is 9.53 Å². The third-order valence-electron chi connectivity index (χ3n) is 3.02. The molecular formula is C13H18N2O2. The first-order valence-electron chi connectivity index (χ1n) is 5.99. The number of primary amides is 1. The molecule has 0 unspecified atom stereocenters. The molecule has 0 spiro atoms. The Morgan fingerprint density at radius 1 is 1.35 bits per heavy atom. The van der Waals surface area contributed by atoms with Crippen LogP contribution in [0.15, 0.2) is 18.2 Å². The minimum Gasteiger partial charge on any atom is -0.448 e. The molecule has 17 heavy (non-hydrogen) atoms. The van der Waals surface area contributed by atoms with Crippen LogP contribution in [0.4, 0.5) is 4.79 Å². The summed E-state index contributed by atoms with van der Waals surface area (Å²) in [5.41, 5.74) is 9.12. The highest BCUT2D eigenvalue weighted by Gasteiger charge is 2.10. The number of carbonyl (C=O) groups is 1. The number of amides is 1. The predicted octanol–water partition coefficient (Wildman–Crippen LogP) is 1.36. The van der Waals surface area contributed by atoms with Crippen LogP contribution >= 0.6 is 0 Å². The van der Waals surface area contributed by atoms with Crippen molar-refractivity contribution >= 4 is 6.09 Å². The van der Waals surface area contributed by atoms with E-state index in [4.69, 9.17) is 5.73 Å². The first kappa shape index (κ1) is 11.9. The molecule has 0 fully saturated rings. The lowest BCUT2D eigenvalue weighted by atomic mass is 10.1. The van der Waals surface area contributed by atoms with Gasteiger partial charge in [-0.3, -0.25) is 0 Å². The Morgan fingerprint density at radius 3 is 3.00 bits per heavy atom. The number of aryl methyl sites for hydroxylation is 2. The first-order valence-corrected chi connectivity index (χ1v) is 5.99. The molecular weight excluding hydrogens is 216 g/mol. The predicted molar refractivity (Wildman–Crippen MR) is 65.7 cm³/mol. The van der Waals surface area contributed by atoms with Gasteiger partial charge in [0.2, 0.25) is 0 Å². The van der Waals surface area contributed by atoms with E-state index < -0.39 is 6.09 Å². The molecule has 1 aromatic carbocycles. The molecule has 0 bridgehead atoms. The lowest BCUT2D eigenvalue weighted by molar-refractivity contribution is 0.157. The van der Waals surface area contributed by atoms with E-state index in [1.165, 1.54) is 36.0 Å². The summed E-state index contributed by atoms with van der Waals surface area (Å²) < 4.78 is 4.63. The molecule has 1 aliphatic rings. The van der Waals surface area contributed by atoms with Crippen molar-refractivity contribution in [3.05, 3.63) is 34.9 Å². The fraction of sp³-hybridized carbons (Fsp3) is 0.462. The second kappa shape index (κ2) is 5.68. The standard InChI is InChI=1S/C13H18N2O2/c14-13(16)17-7-6-15-9-10-4-5-11-2-1-3-12(11)8-10/h4-5,8,15H,1-3,6-7,9H2,(H2,14,16). The molecule has 0 saturated carbocycles. The van der Waals surface area contributed by atoms with Crippen LogP contribution in [0.2, 0.25) is 0 Å². The van der Waals surface area contributed by atoms with Gasteiger partial charge in [-0.1, -0.05) is 18.2 Å². The van der Waals surface area contributed by atoms with Crippen LogP contribution in [0.3, 0.4) is 0 Å². The number of hydrogen-bond donors (Lipinski definition) is 2. The van der Waals surface area contributed by atoms with E-state index in [1.54, 1.807) is 0 Å². The Hall–Kier alpha value is -1.55. The molecule has 0 saturated heterocycles. The first-order chi connectivity index (χ1) is 8.25. The van der Waals surface area contributed by atoms with Gasteiger partial charge in [0.25, 0.3) is 0 Å². The van der Waals surface area contributed by atoms with E-state index in [0.717, 1.165) is 6.54 Å². The van der Waals surface area contributed by atoms with Crippen molar-refractivity contribution in [2.45, 2.75) is 25.8 Å². The number of rotatable bonds is 5. The van der Waals surface area contributed by atoms with Gasteiger partial charge in [0.15, 0.2) is 0 Å². The Labute approximate surface area is 101 Å². The van der Waals surface area contributed by atoms with Crippen molar-refractivity contribution in [2.24, 2.45) is 5.73 Å². The van der Waals surface area contributed by atoms with Crippen LogP contribution < -0.4 is 11.1 Å². The summed E-state index contributed by atoms with van der Waals surface area (Å²) in [5.74, 6) is 0. The zero-order chi connectivity index (χ0) is 12.1. The average Bonchev–Trinajstić information content (AvgIpc) is 2.75. The molecule has 0 radical (unpaired) electrons. The molecule has 1 aromatic rings. The van der Waals surface area contributed by atoms with Gasteiger partial charge in [0.05, 0.1) is 0 Å². The Morgan fingerprint density at radius 2 is 2.18 bits per heavy atom. The molecule has 0 atom stereocenters. The number of benzene rings is 1. The topological polar surface area (TPSA) is 64.4 Å². The van der Waals surface area contributed by atoms with Crippen LogP contribution in [0.5, 0.6) is 0 Å². The molecule has 0 aromatic heterocycles. The van der Waals surface area contributed by atoms with Gasteiger partial charge in [-0.25, -0.2) is 4.79 Å². The quantitative estimate of drug-likeness (QED) is 0.756. The molecule has 1 aliphatic carbocycles. The summed E-state index contributed by atoms with van der Waals surface area (Å²) in [7, 11) is 0. The molecule has 2 rings (SSSR count). The lowest BCUT2D eigenvalue weighted by Gasteiger charge is -2.07.